The second-order valence-electron chi connectivity index (χ2n) is 6.48. The first-order valence-corrected chi connectivity index (χ1v) is 8.58. The van der Waals surface area contributed by atoms with Crippen molar-refractivity contribution in [2.75, 3.05) is 11.6 Å². The molecule has 118 valence electrons. The average molecular weight is 306 g/mol. The summed E-state index contributed by atoms with van der Waals surface area (Å²) in [7, 11) is 0. The Balaban J connectivity index is 1.54. The Morgan fingerprint density at radius 1 is 0.826 bits per heavy atom. The highest BCUT2D eigenvalue weighted by Crippen LogP contribution is 2.36. The van der Waals surface area contributed by atoms with Gasteiger partial charge in [-0.05, 0) is 54.2 Å². The zero-order valence-electron chi connectivity index (χ0n) is 13.3. The SMILES string of the molecule is c1cc(C2CN=NN2c2ccc(C3CCCCC3)cc2)ccn1. The van der Waals surface area contributed by atoms with Crippen molar-refractivity contribution in [3.63, 3.8) is 0 Å². The summed E-state index contributed by atoms with van der Waals surface area (Å²) in [6.07, 6.45) is 10.5. The molecule has 0 bridgehead atoms. The summed E-state index contributed by atoms with van der Waals surface area (Å²) < 4.78 is 0. The van der Waals surface area contributed by atoms with E-state index in [0.717, 1.165) is 11.6 Å². The molecule has 2 heterocycles. The minimum atomic E-state index is 0.179. The Morgan fingerprint density at radius 3 is 2.30 bits per heavy atom. The lowest BCUT2D eigenvalue weighted by Crippen LogP contribution is -2.20. The highest BCUT2D eigenvalue weighted by atomic mass is 15.6. The van der Waals surface area contributed by atoms with Gasteiger partial charge in [0.05, 0.1) is 12.2 Å². The van der Waals surface area contributed by atoms with E-state index in [9.17, 15) is 0 Å². The highest BCUT2D eigenvalue weighted by molar-refractivity contribution is 5.50. The zero-order valence-corrected chi connectivity index (χ0v) is 13.3. The standard InChI is InChI=1S/C19H22N4/c1-2-4-15(5-3-1)16-6-8-18(9-7-16)23-19(14-21-22-23)17-10-12-20-13-11-17/h6-13,15,19H,1-5,14H2. The Kier molecular flexibility index (Phi) is 4.05. The molecule has 1 aliphatic carbocycles. The monoisotopic (exact) mass is 306 g/mol. The molecule has 1 aliphatic heterocycles. The first-order valence-electron chi connectivity index (χ1n) is 8.58. The molecule has 0 N–H and O–H groups in total. The maximum Gasteiger partial charge on any atom is 0.101 e. The van der Waals surface area contributed by atoms with Crippen LogP contribution in [0.25, 0.3) is 0 Å². The summed E-state index contributed by atoms with van der Waals surface area (Å²) in [5, 5.41) is 10.6. The van der Waals surface area contributed by atoms with E-state index < -0.39 is 0 Å². The van der Waals surface area contributed by atoms with E-state index in [2.05, 4.69) is 39.6 Å². The maximum atomic E-state index is 4.34. The van der Waals surface area contributed by atoms with Crippen molar-refractivity contribution in [1.29, 1.82) is 0 Å². The molecule has 1 aromatic heterocycles. The van der Waals surface area contributed by atoms with Crippen molar-refractivity contribution in [3.05, 3.63) is 59.9 Å². The molecule has 2 aromatic rings. The average Bonchev–Trinajstić information content (AvgIpc) is 3.13. The summed E-state index contributed by atoms with van der Waals surface area (Å²) in [5.74, 6) is 0.744. The van der Waals surface area contributed by atoms with E-state index in [1.807, 2.05) is 29.5 Å². The Labute approximate surface area is 137 Å². The predicted octanol–water partition coefficient (Wildman–Crippen LogP) is 5.06. The lowest BCUT2D eigenvalue weighted by molar-refractivity contribution is 0.443. The van der Waals surface area contributed by atoms with Crippen LogP contribution in [0.3, 0.4) is 0 Å². The van der Waals surface area contributed by atoms with Gasteiger partial charge in [0.2, 0.25) is 0 Å². The fraction of sp³-hybridized carbons (Fsp3) is 0.421. The normalized spacial score (nSPS) is 21.7. The third-order valence-electron chi connectivity index (χ3n) is 5.03. The molecule has 4 nitrogen and oxygen atoms in total. The van der Waals surface area contributed by atoms with Gasteiger partial charge in [-0.15, -0.1) is 0 Å². The van der Waals surface area contributed by atoms with Gasteiger partial charge in [-0.25, -0.2) is 5.01 Å². The van der Waals surface area contributed by atoms with Crippen LogP contribution in [0, 0.1) is 0 Å². The molecule has 1 atom stereocenters. The number of aromatic nitrogens is 1. The van der Waals surface area contributed by atoms with Gasteiger partial charge in [0.1, 0.15) is 6.04 Å². The largest absolute Gasteiger partial charge is 0.265 e. The fourth-order valence-electron chi connectivity index (χ4n) is 3.72. The lowest BCUT2D eigenvalue weighted by Gasteiger charge is -2.24. The third-order valence-corrected chi connectivity index (χ3v) is 5.03. The first-order chi connectivity index (χ1) is 11.4. The van der Waals surface area contributed by atoms with E-state index >= 15 is 0 Å². The van der Waals surface area contributed by atoms with E-state index in [4.69, 9.17) is 0 Å². The van der Waals surface area contributed by atoms with E-state index in [1.54, 1.807) is 0 Å². The number of hydrogen-bond acceptors (Lipinski definition) is 4. The van der Waals surface area contributed by atoms with Gasteiger partial charge >= 0.3 is 0 Å². The molecule has 0 saturated heterocycles. The van der Waals surface area contributed by atoms with Crippen molar-refractivity contribution >= 4 is 5.69 Å². The van der Waals surface area contributed by atoms with Gasteiger partial charge in [0, 0.05) is 12.4 Å². The smallest absolute Gasteiger partial charge is 0.101 e. The van der Waals surface area contributed by atoms with E-state index in [-0.39, 0.29) is 6.04 Å². The van der Waals surface area contributed by atoms with Gasteiger partial charge < -0.3 is 0 Å². The van der Waals surface area contributed by atoms with Crippen LogP contribution in [-0.2, 0) is 0 Å². The number of benzene rings is 1. The minimum absolute atomic E-state index is 0.179. The maximum absolute atomic E-state index is 4.34. The summed E-state index contributed by atoms with van der Waals surface area (Å²) in [4.78, 5) is 4.10. The van der Waals surface area contributed by atoms with Crippen molar-refractivity contribution < 1.29 is 0 Å². The van der Waals surface area contributed by atoms with Crippen LogP contribution in [0.15, 0.2) is 59.1 Å². The molecule has 1 aromatic carbocycles. The Bertz CT molecular complexity index is 660. The van der Waals surface area contributed by atoms with Crippen LogP contribution in [-0.4, -0.2) is 11.5 Å². The first kappa shape index (κ1) is 14.4. The van der Waals surface area contributed by atoms with Crippen LogP contribution in [0.4, 0.5) is 5.69 Å². The molecule has 0 radical (unpaired) electrons. The predicted molar refractivity (Wildman–Crippen MR) is 91.4 cm³/mol. The molecule has 23 heavy (non-hydrogen) atoms. The van der Waals surface area contributed by atoms with Crippen molar-refractivity contribution in [1.82, 2.24) is 4.98 Å². The lowest BCUT2D eigenvalue weighted by atomic mass is 9.84. The van der Waals surface area contributed by atoms with Crippen molar-refractivity contribution in [2.45, 2.75) is 44.1 Å². The second kappa shape index (κ2) is 6.49. The summed E-state index contributed by atoms with van der Waals surface area (Å²) in [6.45, 7) is 0.703. The van der Waals surface area contributed by atoms with Gasteiger partial charge in [-0.3, -0.25) is 4.98 Å². The van der Waals surface area contributed by atoms with Crippen molar-refractivity contribution in [3.8, 4) is 0 Å². The molecule has 0 spiro atoms. The fourth-order valence-corrected chi connectivity index (χ4v) is 3.72. The molecule has 1 saturated carbocycles. The molecule has 0 amide bonds. The minimum Gasteiger partial charge on any atom is -0.265 e. The summed E-state index contributed by atoms with van der Waals surface area (Å²) in [5.41, 5.74) is 3.80. The number of nitrogens with zero attached hydrogens (tertiary/aromatic N) is 4. The highest BCUT2D eigenvalue weighted by Gasteiger charge is 2.25. The summed E-state index contributed by atoms with van der Waals surface area (Å²) in [6, 6.07) is 13.2. The molecular weight excluding hydrogens is 284 g/mol. The molecule has 2 aliphatic rings. The van der Waals surface area contributed by atoms with Crippen LogP contribution < -0.4 is 5.01 Å². The molecule has 1 fully saturated rings. The molecule has 4 heteroatoms. The number of rotatable bonds is 3. The van der Waals surface area contributed by atoms with Gasteiger partial charge in [-0.1, -0.05) is 36.6 Å². The Hall–Kier alpha value is -2.23. The second-order valence-corrected chi connectivity index (χ2v) is 6.48. The molecule has 1 unspecified atom stereocenters. The Morgan fingerprint density at radius 2 is 1.57 bits per heavy atom. The zero-order chi connectivity index (χ0) is 15.5. The van der Waals surface area contributed by atoms with Crippen LogP contribution >= 0.6 is 0 Å². The molecular formula is C19H22N4. The van der Waals surface area contributed by atoms with Crippen LogP contribution in [0.5, 0.6) is 0 Å². The quantitative estimate of drug-likeness (QED) is 0.795. The summed E-state index contributed by atoms with van der Waals surface area (Å²) >= 11 is 0. The van der Waals surface area contributed by atoms with Crippen LogP contribution in [0.2, 0.25) is 0 Å². The third kappa shape index (κ3) is 2.98. The topological polar surface area (TPSA) is 40.9 Å². The number of anilines is 1. The number of pyridine rings is 1. The number of hydrogen-bond donors (Lipinski definition) is 0. The molecule has 4 rings (SSSR count). The van der Waals surface area contributed by atoms with Crippen LogP contribution in [0.1, 0.15) is 55.2 Å². The van der Waals surface area contributed by atoms with Gasteiger partial charge in [0.15, 0.2) is 0 Å². The van der Waals surface area contributed by atoms with E-state index in [0.29, 0.717) is 6.54 Å². The van der Waals surface area contributed by atoms with Crippen molar-refractivity contribution in [2.24, 2.45) is 10.3 Å². The van der Waals surface area contributed by atoms with Gasteiger partial charge in [-0.2, -0.15) is 5.11 Å². The van der Waals surface area contributed by atoms with Gasteiger partial charge in [0.25, 0.3) is 0 Å². The van der Waals surface area contributed by atoms with E-state index in [1.165, 1.54) is 43.2 Å².